The Morgan fingerprint density at radius 3 is 2.61 bits per heavy atom. The van der Waals surface area contributed by atoms with Crippen molar-refractivity contribution in [1.82, 2.24) is 10.2 Å². The summed E-state index contributed by atoms with van der Waals surface area (Å²) in [6.07, 6.45) is 2.16. The Hall–Kier alpha value is -2.45. The van der Waals surface area contributed by atoms with Crippen molar-refractivity contribution in [3.8, 4) is 5.75 Å². The lowest BCUT2D eigenvalue weighted by atomic mass is 9.92. The fourth-order valence-corrected chi connectivity index (χ4v) is 3.13. The van der Waals surface area contributed by atoms with E-state index in [0.717, 1.165) is 13.0 Å². The standard InChI is InChI=1S/C20H30N4O4/c1-20(2,13-28-16-9-4-3-7-14(16)17(22)25)19(27)24(12-6-10-21)18(26)15-8-5-11-23-15/h3-4,7,9,15,23H,5-6,8,10-13,21H2,1-2H3,(H2,22,25)/t15-/m0/s1. The normalized spacial score (nSPS) is 16.6. The third kappa shape index (κ3) is 5.30. The van der Waals surface area contributed by atoms with Gasteiger partial charge in [-0.05, 0) is 58.3 Å². The molecule has 0 bridgehead atoms. The van der Waals surface area contributed by atoms with Crippen molar-refractivity contribution in [3.05, 3.63) is 29.8 Å². The van der Waals surface area contributed by atoms with E-state index in [1.807, 2.05) is 0 Å². The maximum Gasteiger partial charge on any atom is 0.252 e. The molecule has 154 valence electrons. The van der Waals surface area contributed by atoms with Gasteiger partial charge in [-0.15, -0.1) is 0 Å². The van der Waals surface area contributed by atoms with Crippen molar-refractivity contribution in [3.63, 3.8) is 0 Å². The molecule has 3 amide bonds. The number of imide groups is 1. The number of ether oxygens (including phenoxy) is 1. The molecule has 8 nitrogen and oxygen atoms in total. The van der Waals surface area contributed by atoms with E-state index in [1.165, 1.54) is 4.90 Å². The Labute approximate surface area is 165 Å². The van der Waals surface area contributed by atoms with Crippen molar-refractivity contribution in [2.75, 3.05) is 26.2 Å². The van der Waals surface area contributed by atoms with Gasteiger partial charge in [-0.3, -0.25) is 19.3 Å². The van der Waals surface area contributed by atoms with Crippen LogP contribution >= 0.6 is 0 Å². The van der Waals surface area contributed by atoms with Gasteiger partial charge in [-0.2, -0.15) is 0 Å². The number of carbonyl (C=O) groups excluding carboxylic acids is 3. The second-order valence-electron chi connectivity index (χ2n) is 7.62. The molecule has 1 fully saturated rings. The number of hydrogen-bond acceptors (Lipinski definition) is 6. The second-order valence-corrected chi connectivity index (χ2v) is 7.62. The topological polar surface area (TPSA) is 128 Å². The van der Waals surface area contributed by atoms with Gasteiger partial charge < -0.3 is 21.5 Å². The smallest absolute Gasteiger partial charge is 0.252 e. The number of primary amides is 1. The SMILES string of the molecule is CC(C)(COc1ccccc1C(N)=O)C(=O)N(CCCN)C(=O)[C@@H]1CCCN1. The molecular formula is C20H30N4O4. The molecular weight excluding hydrogens is 360 g/mol. The van der Waals surface area contributed by atoms with Crippen molar-refractivity contribution in [2.45, 2.75) is 39.2 Å². The van der Waals surface area contributed by atoms with E-state index in [4.69, 9.17) is 16.2 Å². The number of para-hydroxylation sites is 1. The minimum absolute atomic E-state index is 0.000622. The maximum absolute atomic E-state index is 13.2. The van der Waals surface area contributed by atoms with Gasteiger partial charge in [0.2, 0.25) is 11.8 Å². The van der Waals surface area contributed by atoms with Crippen molar-refractivity contribution >= 4 is 17.7 Å². The minimum Gasteiger partial charge on any atom is -0.492 e. The second kappa shape index (κ2) is 9.66. The number of nitrogens with two attached hydrogens (primary N) is 2. The Bertz CT molecular complexity index is 714. The summed E-state index contributed by atoms with van der Waals surface area (Å²) in [6.45, 7) is 4.86. The minimum atomic E-state index is -0.979. The van der Waals surface area contributed by atoms with Crippen LogP contribution in [0.15, 0.2) is 24.3 Å². The summed E-state index contributed by atoms with van der Waals surface area (Å²) in [5.74, 6) is -0.835. The highest BCUT2D eigenvalue weighted by atomic mass is 16.5. The molecule has 8 heteroatoms. The quantitative estimate of drug-likeness (QED) is 0.568. The van der Waals surface area contributed by atoms with E-state index in [1.54, 1.807) is 38.1 Å². The molecule has 1 aliphatic heterocycles. The van der Waals surface area contributed by atoms with Crippen molar-refractivity contribution in [2.24, 2.45) is 16.9 Å². The third-order valence-corrected chi connectivity index (χ3v) is 4.78. The predicted molar refractivity (Wildman–Crippen MR) is 106 cm³/mol. The number of nitrogens with zero attached hydrogens (tertiary/aromatic N) is 1. The highest BCUT2D eigenvalue weighted by Crippen LogP contribution is 2.25. The largest absolute Gasteiger partial charge is 0.492 e. The molecule has 0 radical (unpaired) electrons. The Morgan fingerprint density at radius 2 is 2.00 bits per heavy atom. The van der Waals surface area contributed by atoms with E-state index in [2.05, 4.69) is 5.32 Å². The molecule has 1 saturated heterocycles. The molecule has 2 rings (SSSR count). The molecule has 0 saturated carbocycles. The first kappa shape index (κ1) is 21.8. The van der Waals surface area contributed by atoms with E-state index < -0.39 is 11.3 Å². The number of carbonyl (C=O) groups is 3. The molecule has 0 spiro atoms. The highest BCUT2D eigenvalue weighted by molar-refractivity contribution is 6.00. The van der Waals surface area contributed by atoms with Gasteiger partial charge in [0.25, 0.3) is 5.91 Å². The predicted octanol–water partition coefficient (Wildman–Crippen LogP) is 0.647. The van der Waals surface area contributed by atoms with Gasteiger partial charge in [-0.25, -0.2) is 0 Å². The van der Waals surface area contributed by atoms with Gasteiger partial charge in [0.1, 0.15) is 12.4 Å². The van der Waals surface area contributed by atoms with Crippen LogP contribution in [0.5, 0.6) is 5.75 Å². The average Bonchev–Trinajstić information content (AvgIpc) is 3.21. The highest BCUT2D eigenvalue weighted by Gasteiger charge is 2.38. The van der Waals surface area contributed by atoms with Crippen LogP contribution in [0, 0.1) is 5.41 Å². The summed E-state index contributed by atoms with van der Waals surface area (Å²) < 4.78 is 5.74. The van der Waals surface area contributed by atoms with E-state index >= 15 is 0 Å². The third-order valence-electron chi connectivity index (χ3n) is 4.78. The zero-order valence-corrected chi connectivity index (χ0v) is 16.6. The molecule has 0 unspecified atom stereocenters. The molecule has 5 N–H and O–H groups in total. The van der Waals surface area contributed by atoms with E-state index in [-0.39, 0.29) is 36.6 Å². The summed E-state index contributed by atoms with van der Waals surface area (Å²) in [4.78, 5) is 38.9. The number of amides is 3. The lowest BCUT2D eigenvalue weighted by molar-refractivity contribution is -0.152. The monoisotopic (exact) mass is 390 g/mol. The zero-order valence-electron chi connectivity index (χ0n) is 16.6. The number of benzene rings is 1. The van der Waals surface area contributed by atoms with E-state index in [0.29, 0.717) is 25.1 Å². The first-order chi connectivity index (χ1) is 13.3. The Kier molecular flexibility index (Phi) is 7.53. The number of nitrogens with one attached hydrogen (secondary N) is 1. The van der Waals surface area contributed by atoms with Crippen LogP contribution < -0.4 is 21.5 Å². The van der Waals surface area contributed by atoms with Crippen LogP contribution in [-0.2, 0) is 9.59 Å². The van der Waals surface area contributed by atoms with Crippen LogP contribution in [0.1, 0.15) is 43.5 Å². The van der Waals surface area contributed by atoms with Crippen LogP contribution in [0.4, 0.5) is 0 Å². The van der Waals surface area contributed by atoms with Crippen LogP contribution in [0.2, 0.25) is 0 Å². The van der Waals surface area contributed by atoms with E-state index in [9.17, 15) is 14.4 Å². The maximum atomic E-state index is 13.2. The molecule has 0 aliphatic carbocycles. The fraction of sp³-hybridized carbons (Fsp3) is 0.550. The van der Waals surface area contributed by atoms with Crippen molar-refractivity contribution < 1.29 is 19.1 Å². The number of hydrogen-bond donors (Lipinski definition) is 3. The van der Waals surface area contributed by atoms with Gasteiger partial charge in [0.05, 0.1) is 17.0 Å². The van der Waals surface area contributed by atoms with Gasteiger partial charge in [0, 0.05) is 6.54 Å². The van der Waals surface area contributed by atoms with Crippen LogP contribution in [0.3, 0.4) is 0 Å². The molecule has 1 aliphatic rings. The average molecular weight is 390 g/mol. The zero-order chi connectivity index (χ0) is 20.7. The van der Waals surface area contributed by atoms with Crippen LogP contribution in [0.25, 0.3) is 0 Å². The van der Waals surface area contributed by atoms with Gasteiger partial charge >= 0.3 is 0 Å². The Balaban J connectivity index is 2.13. The van der Waals surface area contributed by atoms with Gasteiger partial charge in [0.15, 0.2) is 0 Å². The molecule has 1 aromatic rings. The summed E-state index contributed by atoms with van der Waals surface area (Å²) in [7, 11) is 0. The fourth-order valence-electron chi connectivity index (χ4n) is 3.13. The first-order valence-corrected chi connectivity index (χ1v) is 9.59. The molecule has 28 heavy (non-hydrogen) atoms. The lowest BCUT2D eigenvalue weighted by Gasteiger charge is -2.32. The lowest BCUT2D eigenvalue weighted by Crippen LogP contribution is -2.52. The van der Waals surface area contributed by atoms with Crippen LogP contribution in [-0.4, -0.2) is 54.9 Å². The summed E-state index contributed by atoms with van der Waals surface area (Å²) in [6, 6.07) is 6.26. The van der Waals surface area contributed by atoms with Crippen molar-refractivity contribution in [1.29, 1.82) is 0 Å². The first-order valence-electron chi connectivity index (χ1n) is 9.59. The Morgan fingerprint density at radius 1 is 1.29 bits per heavy atom. The molecule has 0 aromatic heterocycles. The summed E-state index contributed by atoms with van der Waals surface area (Å²) in [5.41, 5.74) is 10.2. The van der Waals surface area contributed by atoms with Gasteiger partial charge in [-0.1, -0.05) is 12.1 Å². The summed E-state index contributed by atoms with van der Waals surface area (Å²) >= 11 is 0. The molecule has 1 heterocycles. The summed E-state index contributed by atoms with van der Waals surface area (Å²) in [5, 5.41) is 3.14. The molecule has 1 atom stereocenters. The molecule has 1 aromatic carbocycles. The number of rotatable bonds is 9.